The highest BCUT2D eigenvalue weighted by Crippen LogP contribution is 2.21. The van der Waals surface area contributed by atoms with Crippen LogP contribution in [0.2, 0.25) is 0 Å². The summed E-state index contributed by atoms with van der Waals surface area (Å²) >= 11 is 0. The first kappa shape index (κ1) is 12.7. The van der Waals surface area contributed by atoms with Crippen LogP contribution in [0.25, 0.3) is 0 Å². The molecule has 0 aliphatic rings. The second-order valence-corrected chi connectivity index (χ2v) is 4.40. The van der Waals surface area contributed by atoms with E-state index in [0.717, 1.165) is 11.5 Å². The summed E-state index contributed by atoms with van der Waals surface area (Å²) in [6.07, 6.45) is 1.70. The molecule has 0 amide bonds. The van der Waals surface area contributed by atoms with Gasteiger partial charge in [-0.25, -0.2) is 0 Å². The topological polar surface area (TPSA) is 34.4 Å². The maximum atomic E-state index is 5.39. The van der Waals surface area contributed by atoms with Crippen LogP contribution in [0.3, 0.4) is 0 Å². The fraction of sp³-hybridized carbons (Fsp3) is 0.333. The van der Waals surface area contributed by atoms with Gasteiger partial charge in [-0.15, -0.1) is 0 Å². The Kier molecular flexibility index (Phi) is 4.05. The van der Waals surface area contributed by atoms with Gasteiger partial charge in [0.2, 0.25) is 0 Å². The van der Waals surface area contributed by atoms with Crippen LogP contribution >= 0.6 is 0 Å². The van der Waals surface area contributed by atoms with Crippen molar-refractivity contribution in [1.82, 2.24) is 5.32 Å². The fourth-order valence-corrected chi connectivity index (χ4v) is 1.98. The number of methoxy groups -OCH3 is 1. The Morgan fingerprint density at radius 2 is 1.78 bits per heavy atom. The molecule has 1 aromatic carbocycles. The second-order valence-electron chi connectivity index (χ2n) is 4.40. The average Bonchev–Trinajstić information content (AvgIpc) is 2.92. The highest BCUT2D eigenvalue weighted by molar-refractivity contribution is 5.29. The Bertz CT molecular complexity index is 462. The summed E-state index contributed by atoms with van der Waals surface area (Å²) in [5, 5.41) is 3.50. The summed E-state index contributed by atoms with van der Waals surface area (Å²) in [6.45, 7) is 4.24. The molecule has 18 heavy (non-hydrogen) atoms. The van der Waals surface area contributed by atoms with E-state index >= 15 is 0 Å². The van der Waals surface area contributed by atoms with E-state index in [2.05, 4.69) is 31.3 Å². The highest BCUT2D eigenvalue weighted by Gasteiger charge is 2.12. The van der Waals surface area contributed by atoms with Gasteiger partial charge in [0.25, 0.3) is 0 Å². The van der Waals surface area contributed by atoms with Crippen LogP contribution in [0.1, 0.15) is 37.3 Å². The monoisotopic (exact) mass is 245 g/mol. The first-order chi connectivity index (χ1) is 8.70. The van der Waals surface area contributed by atoms with Crippen molar-refractivity contribution < 1.29 is 9.15 Å². The van der Waals surface area contributed by atoms with Crippen molar-refractivity contribution in [2.24, 2.45) is 0 Å². The van der Waals surface area contributed by atoms with Crippen molar-refractivity contribution in [2.75, 3.05) is 7.11 Å². The molecule has 2 rings (SSSR count). The van der Waals surface area contributed by atoms with Crippen molar-refractivity contribution in [3.05, 3.63) is 54.0 Å². The van der Waals surface area contributed by atoms with Crippen molar-refractivity contribution in [3.8, 4) is 5.75 Å². The zero-order valence-electron chi connectivity index (χ0n) is 11.0. The molecule has 1 heterocycles. The first-order valence-electron chi connectivity index (χ1n) is 6.14. The summed E-state index contributed by atoms with van der Waals surface area (Å²) in [5.74, 6) is 1.83. The van der Waals surface area contributed by atoms with E-state index in [1.54, 1.807) is 13.4 Å². The molecule has 0 bridgehead atoms. The molecule has 1 aromatic heterocycles. The van der Waals surface area contributed by atoms with Crippen molar-refractivity contribution in [3.63, 3.8) is 0 Å². The minimum absolute atomic E-state index is 0.192. The summed E-state index contributed by atoms with van der Waals surface area (Å²) in [7, 11) is 1.68. The maximum Gasteiger partial charge on any atom is 0.120 e. The van der Waals surface area contributed by atoms with Crippen molar-refractivity contribution in [1.29, 1.82) is 0 Å². The number of hydrogen-bond acceptors (Lipinski definition) is 3. The normalized spacial score (nSPS) is 14.2. The van der Waals surface area contributed by atoms with Gasteiger partial charge in [-0.05, 0) is 43.7 Å². The lowest BCUT2D eigenvalue weighted by Crippen LogP contribution is -2.22. The van der Waals surface area contributed by atoms with Crippen LogP contribution in [-0.2, 0) is 0 Å². The van der Waals surface area contributed by atoms with Gasteiger partial charge in [-0.3, -0.25) is 0 Å². The van der Waals surface area contributed by atoms with Gasteiger partial charge in [-0.2, -0.15) is 0 Å². The molecule has 0 aliphatic heterocycles. The predicted octanol–water partition coefficient (Wildman–Crippen LogP) is 3.70. The fourth-order valence-electron chi connectivity index (χ4n) is 1.98. The zero-order chi connectivity index (χ0) is 13.0. The minimum atomic E-state index is 0.192. The van der Waals surface area contributed by atoms with E-state index in [4.69, 9.17) is 9.15 Å². The van der Waals surface area contributed by atoms with Crippen molar-refractivity contribution >= 4 is 0 Å². The van der Waals surface area contributed by atoms with E-state index in [9.17, 15) is 0 Å². The van der Waals surface area contributed by atoms with Crippen LogP contribution in [0.15, 0.2) is 47.1 Å². The minimum Gasteiger partial charge on any atom is -0.497 e. The summed E-state index contributed by atoms with van der Waals surface area (Å²) in [6, 6.07) is 12.4. The van der Waals surface area contributed by atoms with E-state index in [-0.39, 0.29) is 12.1 Å². The van der Waals surface area contributed by atoms with Gasteiger partial charge in [0.1, 0.15) is 11.5 Å². The molecule has 0 aliphatic carbocycles. The Morgan fingerprint density at radius 3 is 2.33 bits per heavy atom. The van der Waals surface area contributed by atoms with E-state index in [1.807, 2.05) is 24.3 Å². The van der Waals surface area contributed by atoms with Gasteiger partial charge in [0.15, 0.2) is 0 Å². The number of hydrogen-bond donors (Lipinski definition) is 1. The Labute approximate surface area is 108 Å². The second kappa shape index (κ2) is 5.74. The molecular formula is C15H19NO2. The number of benzene rings is 1. The molecule has 0 radical (unpaired) electrons. The molecule has 1 N–H and O–H groups in total. The molecule has 2 aromatic rings. The third-order valence-corrected chi connectivity index (χ3v) is 3.09. The van der Waals surface area contributed by atoms with E-state index in [1.165, 1.54) is 5.56 Å². The van der Waals surface area contributed by atoms with E-state index < -0.39 is 0 Å². The van der Waals surface area contributed by atoms with Gasteiger partial charge in [0, 0.05) is 6.04 Å². The van der Waals surface area contributed by atoms with Gasteiger partial charge in [0.05, 0.1) is 19.4 Å². The number of furan rings is 1. The lowest BCUT2D eigenvalue weighted by molar-refractivity contribution is 0.401. The van der Waals surface area contributed by atoms with Crippen molar-refractivity contribution in [2.45, 2.75) is 25.9 Å². The third-order valence-electron chi connectivity index (χ3n) is 3.09. The van der Waals surface area contributed by atoms with Gasteiger partial charge in [-0.1, -0.05) is 12.1 Å². The SMILES string of the molecule is COc1ccc([C@@H](C)NC(C)c2ccco2)cc1. The number of ether oxygens (including phenoxy) is 1. The first-order valence-corrected chi connectivity index (χ1v) is 6.14. The molecule has 96 valence electrons. The van der Waals surface area contributed by atoms with Crippen LogP contribution in [-0.4, -0.2) is 7.11 Å². The summed E-state index contributed by atoms with van der Waals surface area (Å²) in [5.41, 5.74) is 1.23. The molecule has 3 nitrogen and oxygen atoms in total. The van der Waals surface area contributed by atoms with Crippen LogP contribution in [0.5, 0.6) is 5.75 Å². The molecule has 2 atom stereocenters. The largest absolute Gasteiger partial charge is 0.497 e. The maximum absolute atomic E-state index is 5.39. The summed E-state index contributed by atoms with van der Waals surface area (Å²) in [4.78, 5) is 0. The van der Waals surface area contributed by atoms with Gasteiger partial charge < -0.3 is 14.5 Å². The number of rotatable bonds is 5. The summed E-state index contributed by atoms with van der Waals surface area (Å²) < 4.78 is 10.5. The Balaban J connectivity index is 2.00. The Morgan fingerprint density at radius 1 is 1.06 bits per heavy atom. The van der Waals surface area contributed by atoms with Crippen LogP contribution in [0, 0.1) is 0 Å². The molecule has 0 spiro atoms. The molecule has 0 saturated heterocycles. The molecular weight excluding hydrogens is 226 g/mol. The lowest BCUT2D eigenvalue weighted by Gasteiger charge is -2.19. The standard InChI is InChI=1S/C15H19NO2/c1-11(13-6-8-14(17-3)9-7-13)16-12(2)15-5-4-10-18-15/h4-12,16H,1-3H3/t11-,12?/m1/s1. The smallest absolute Gasteiger partial charge is 0.120 e. The molecule has 0 fully saturated rings. The predicted molar refractivity (Wildman–Crippen MR) is 71.7 cm³/mol. The van der Waals surface area contributed by atoms with Crippen LogP contribution < -0.4 is 10.1 Å². The zero-order valence-corrected chi connectivity index (χ0v) is 11.0. The highest BCUT2D eigenvalue weighted by atomic mass is 16.5. The van der Waals surface area contributed by atoms with Gasteiger partial charge >= 0.3 is 0 Å². The Hall–Kier alpha value is -1.74. The molecule has 1 unspecified atom stereocenters. The van der Waals surface area contributed by atoms with Crippen LogP contribution in [0.4, 0.5) is 0 Å². The third kappa shape index (κ3) is 2.93. The molecule has 0 saturated carbocycles. The lowest BCUT2D eigenvalue weighted by atomic mass is 10.1. The molecule has 3 heteroatoms. The van der Waals surface area contributed by atoms with E-state index in [0.29, 0.717) is 0 Å². The number of nitrogens with one attached hydrogen (secondary N) is 1. The average molecular weight is 245 g/mol. The quantitative estimate of drug-likeness (QED) is 0.872.